The zero-order valence-corrected chi connectivity index (χ0v) is 15.9. The number of aromatic amines is 1. The molecule has 0 aliphatic carbocycles. The third kappa shape index (κ3) is 3.44. The smallest absolute Gasteiger partial charge is 0.137 e. The zero-order valence-electron chi connectivity index (χ0n) is 15.9. The third-order valence-corrected chi connectivity index (χ3v) is 5.16. The molecule has 5 rings (SSSR count). The first-order valence-electron chi connectivity index (χ1n) is 9.63. The summed E-state index contributed by atoms with van der Waals surface area (Å²) < 4.78 is 1.96. The maximum Gasteiger partial charge on any atom is 0.137 e. The molecule has 0 saturated carbocycles. The van der Waals surface area contributed by atoms with Gasteiger partial charge < -0.3 is 10.7 Å². The van der Waals surface area contributed by atoms with Crippen LogP contribution in [0, 0.1) is 0 Å². The maximum atomic E-state index is 5.80. The minimum absolute atomic E-state index is 0.527. The Hall–Kier alpha value is -3.70. The van der Waals surface area contributed by atoms with Gasteiger partial charge in [-0.2, -0.15) is 5.10 Å². The van der Waals surface area contributed by atoms with Gasteiger partial charge in [0, 0.05) is 47.2 Å². The maximum absolute atomic E-state index is 5.80. The second-order valence-corrected chi connectivity index (χ2v) is 7.14. The molecule has 0 spiro atoms. The van der Waals surface area contributed by atoms with Crippen LogP contribution in [0.25, 0.3) is 33.3 Å². The Morgan fingerprint density at radius 1 is 0.862 bits per heavy atom. The Bertz CT molecular complexity index is 1270. The molecule has 0 bridgehead atoms. The number of hydrogen-bond donors (Lipinski definition) is 2. The molecule has 142 valence electrons. The van der Waals surface area contributed by atoms with Crippen molar-refractivity contribution in [3.8, 4) is 22.3 Å². The van der Waals surface area contributed by atoms with Gasteiger partial charge in [-0.1, -0.05) is 48.5 Å². The highest BCUT2D eigenvalue weighted by molar-refractivity contribution is 5.95. The van der Waals surface area contributed by atoms with E-state index in [9.17, 15) is 0 Å². The predicted octanol–water partition coefficient (Wildman–Crippen LogP) is 4.60. The fourth-order valence-electron chi connectivity index (χ4n) is 3.64. The average Bonchev–Trinajstić information content (AvgIpc) is 3.40. The molecule has 3 aromatic heterocycles. The number of fused-ring (bicyclic) bond motifs is 1. The van der Waals surface area contributed by atoms with Crippen LogP contribution >= 0.6 is 0 Å². The standard InChI is InChI=1S/C24H21N5/c25-11-18-7-4-8-19(9-18)20-10-22-23(14-27-24(22)26-12-20)21-13-28-29(16-21)15-17-5-2-1-3-6-17/h1-10,12-14,16H,11,15,25H2,(H,26,27). The Morgan fingerprint density at radius 2 is 1.72 bits per heavy atom. The molecule has 0 aliphatic rings. The fourth-order valence-corrected chi connectivity index (χ4v) is 3.64. The molecule has 0 atom stereocenters. The Morgan fingerprint density at radius 3 is 2.59 bits per heavy atom. The number of pyridine rings is 1. The molecule has 0 unspecified atom stereocenters. The highest BCUT2D eigenvalue weighted by atomic mass is 15.3. The number of aromatic nitrogens is 4. The van der Waals surface area contributed by atoms with Crippen molar-refractivity contribution in [1.29, 1.82) is 0 Å². The SMILES string of the molecule is NCc1cccc(-c2cnc3[nH]cc(-c4cnn(Cc5ccccc5)c4)c3c2)c1. The van der Waals surface area contributed by atoms with Gasteiger partial charge in [0.25, 0.3) is 0 Å². The first-order valence-corrected chi connectivity index (χ1v) is 9.63. The molecule has 0 aliphatic heterocycles. The number of nitrogens with zero attached hydrogens (tertiary/aromatic N) is 3. The van der Waals surface area contributed by atoms with E-state index in [2.05, 4.69) is 51.6 Å². The minimum Gasteiger partial charge on any atom is -0.346 e. The largest absolute Gasteiger partial charge is 0.346 e. The predicted molar refractivity (Wildman–Crippen MR) is 116 cm³/mol. The lowest BCUT2D eigenvalue weighted by atomic mass is 10.0. The molecular weight excluding hydrogens is 358 g/mol. The van der Waals surface area contributed by atoms with Crippen LogP contribution in [0.4, 0.5) is 0 Å². The number of nitrogens with two attached hydrogens (primary N) is 1. The van der Waals surface area contributed by atoms with Crippen LogP contribution in [0.5, 0.6) is 0 Å². The Balaban J connectivity index is 1.51. The molecule has 0 saturated heterocycles. The van der Waals surface area contributed by atoms with Crippen molar-refractivity contribution < 1.29 is 0 Å². The van der Waals surface area contributed by atoms with E-state index in [4.69, 9.17) is 5.73 Å². The summed E-state index contributed by atoms with van der Waals surface area (Å²) in [5, 5.41) is 5.63. The van der Waals surface area contributed by atoms with Crippen molar-refractivity contribution in [3.63, 3.8) is 0 Å². The van der Waals surface area contributed by atoms with Gasteiger partial charge in [0.15, 0.2) is 0 Å². The minimum atomic E-state index is 0.527. The highest BCUT2D eigenvalue weighted by Gasteiger charge is 2.11. The van der Waals surface area contributed by atoms with Crippen LogP contribution in [0.3, 0.4) is 0 Å². The van der Waals surface area contributed by atoms with Gasteiger partial charge in [-0.3, -0.25) is 4.68 Å². The fraction of sp³-hybridized carbons (Fsp3) is 0.0833. The molecule has 0 amide bonds. The van der Waals surface area contributed by atoms with Crippen molar-refractivity contribution in [2.75, 3.05) is 0 Å². The van der Waals surface area contributed by atoms with E-state index in [-0.39, 0.29) is 0 Å². The first-order chi connectivity index (χ1) is 14.3. The van der Waals surface area contributed by atoms with Gasteiger partial charge in [0.2, 0.25) is 0 Å². The molecule has 5 aromatic rings. The number of nitrogens with one attached hydrogen (secondary N) is 1. The lowest BCUT2D eigenvalue weighted by molar-refractivity contribution is 0.687. The average molecular weight is 379 g/mol. The van der Waals surface area contributed by atoms with Crippen LogP contribution in [-0.4, -0.2) is 19.7 Å². The summed E-state index contributed by atoms with van der Waals surface area (Å²) >= 11 is 0. The van der Waals surface area contributed by atoms with Crippen molar-refractivity contribution >= 4 is 11.0 Å². The molecule has 3 N–H and O–H groups in total. The number of benzene rings is 2. The summed E-state index contributed by atoms with van der Waals surface area (Å²) in [7, 11) is 0. The lowest BCUT2D eigenvalue weighted by Crippen LogP contribution is -1.99. The van der Waals surface area contributed by atoms with Crippen LogP contribution in [0.15, 0.2) is 85.5 Å². The van der Waals surface area contributed by atoms with Gasteiger partial charge >= 0.3 is 0 Å². The van der Waals surface area contributed by atoms with E-state index in [1.165, 1.54) is 5.56 Å². The van der Waals surface area contributed by atoms with Crippen molar-refractivity contribution in [1.82, 2.24) is 19.7 Å². The summed E-state index contributed by atoms with van der Waals surface area (Å²) in [6.07, 6.45) is 7.89. The van der Waals surface area contributed by atoms with Gasteiger partial charge in [-0.05, 0) is 28.8 Å². The van der Waals surface area contributed by atoms with Crippen LogP contribution in [0.1, 0.15) is 11.1 Å². The van der Waals surface area contributed by atoms with E-state index >= 15 is 0 Å². The van der Waals surface area contributed by atoms with Gasteiger partial charge in [0.05, 0.1) is 12.7 Å². The molecule has 3 heterocycles. The normalized spacial score (nSPS) is 11.2. The van der Waals surface area contributed by atoms with Crippen molar-refractivity contribution in [2.45, 2.75) is 13.1 Å². The summed E-state index contributed by atoms with van der Waals surface area (Å²) in [6.45, 7) is 1.28. The Labute approximate surface area is 168 Å². The number of rotatable bonds is 5. The van der Waals surface area contributed by atoms with E-state index in [0.717, 1.165) is 45.4 Å². The van der Waals surface area contributed by atoms with E-state index < -0.39 is 0 Å². The summed E-state index contributed by atoms with van der Waals surface area (Å²) in [5.41, 5.74) is 13.4. The van der Waals surface area contributed by atoms with E-state index in [1.807, 2.05) is 53.6 Å². The van der Waals surface area contributed by atoms with Crippen LogP contribution < -0.4 is 5.73 Å². The molecular formula is C24H21N5. The lowest BCUT2D eigenvalue weighted by Gasteiger charge is -2.05. The number of hydrogen-bond acceptors (Lipinski definition) is 3. The van der Waals surface area contributed by atoms with Crippen molar-refractivity contribution in [3.05, 3.63) is 96.6 Å². The van der Waals surface area contributed by atoms with E-state index in [1.54, 1.807) is 0 Å². The quantitative estimate of drug-likeness (QED) is 0.469. The van der Waals surface area contributed by atoms with Crippen molar-refractivity contribution in [2.24, 2.45) is 5.73 Å². The molecule has 0 radical (unpaired) electrons. The summed E-state index contributed by atoms with van der Waals surface area (Å²) in [5.74, 6) is 0. The molecule has 2 aromatic carbocycles. The van der Waals surface area contributed by atoms with Crippen LogP contribution in [-0.2, 0) is 13.1 Å². The molecule has 5 nitrogen and oxygen atoms in total. The molecule has 0 fully saturated rings. The zero-order chi connectivity index (χ0) is 19.6. The second-order valence-electron chi connectivity index (χ2n) is 7.14. The highest BCUT2D eigenvalue weighted by Crippen LogP contribution is 2.31. The molecule has 29 heavy (non-hydrogen) atoms. The second kappa shape index (κ2) is 7.37. The van der Waals surface area contributed by atoms with Gasteiger partial charge in [0.1, 0.15) is 5.65 Å². The molecule has 5 heteroatoms. The number of H-pyrrole nitrogens is 1. The van der Waals surface area contributed by atoms with Gasteiger partial charge in [-0.15, -0.1) is 0 Å². The van der Waals surface area contributed by atoms with Gasteiger partial charge in [-0.25, -0.2) is 4.98 Å². The summed E-state index contributed by atoms with van der Waals surface area (Å²) in [6, 6.07) is 20.8. The Kier molecular flexibility index (Phi) is 4.42. The third-order valence-electron chi connectivity index (χ3n) is 5.16. The van der Waals surface area contributed by atoms with E-state index in [0.29, 0.717) is 6.54 Å². The first kappa shape index (κ1) is 17.4. The monoisotopic (exact) mass is 379 g/mol. The van der Waals surface area contributed by atoms with Crippen LogP contribution in [0.2, 0.25) is 0 Å². The summed E-state index contributed by atoms with van der Waals surface area (Å²) in [4.78, 5) is 7.90. The topological polar surface area (TPSA) is 72.5 Å².